The molecular weight excluding hydrogens is 278 g/mol. The highest BCUT2D eigenvalue weighted by atomic mass is 32.1. The first kappa shape index (κ1) is 14.3. The molecule has 3 aromatic rings. The maximum absolute atomic E-state index is 5.72. The molecule has 2 N–H and O–H groups in total. The monoisotopic (exact) mass is 299 g/mol. The lowest BCUT2D eigenvalue weighted by Gasteiger charge is -2.09. The molecule has 0 aliphatic rings. The fourth-order valence-corrected chi connectivity index (χ4v) is 3.69. The highest BCUT2D eigenvalue weighted by Crippen LogP contribution is 2.33. The molecule has 0 spiro atoms. The normalized spacial score (nSPS) is 11.7. The van der Waals surface area contributed by atoms with Gasteiger partial charge in [0.1, 0.15) is 0 Å². The zero-order valence-corrected chi connectivity index (χ0v) is 13.6. The molecule has 2 heterocycles. The van der Waals surface area contributed by atoms with Crippen LogP contribution in [0.1, 0.15) is 35.9 Å². The molecule has 0 atom stereocenters. The number of imidazole rings is 1. The minimum Gasteiger partial charge on any atom is -0.330 e. The molecule has 0 fully saturated rings. The summed E-state index contributed by atoms with van der Waals surface area (Å²) in [6.45, 7) is 7.25. The van der Waals surface area contributed by atoms with E-state index in [2.05, 4.69) is 54.4 Å². The Hall–Kier alpha value is -1.65. The number of nitrogens with two attached hydrogens (primary N) is 1. The van der Waals surface area contributed by atoms with Crippen LogP contribution in [-0.4, -0.2) is 15.9 Å². The lowest BCUT2D eigenvalue weighted by atomic mass is 10.0. The van der Waals surface area contributed by atoms with Gasteiger partial charge >= 0.3 is 0 Å². The van der Waals surface area contributed by atoms with Crippen LogP contribution in [-0.2, 0) is 6.42 Å². The van der Waals surface area contributed by atoms with Gasteiger partial charge < -0.3 is 5.73 Å². The summed E-state index contributed by atoms with van der Waals surface area (Å²) in [5, 5.41) is 0. The van der Waals surface area contributed by atoms with Gasteiger partial charge in [-0.15, -0.1) is 11.3 Å². The minimum atomic E-state index is 0.559. The number of thiazole rings is 1. The van der Waals surface area contributed by atoms with Crippen molar-refractivity contribution in [1.82, 2.24) is 9.38 Å². The molecule has 0 aliphatic carbocycles. The van der Waals surface area contributed by atoms with Crippen molar-refractivity contribution in [2.24, 2.45) is 5.73 Å². The number of aryl methyl sites for hydroxylation is 1. The lowest BCUT2D eigenvalue weighted by molar-refractivity contribution is 0.866. The summed E-state index contributed by atoms with van der Waals surface area (Å²) >= 11 is 1.74. The smallest absolute Gasteiger partial charge is 0.194 e. The summed E-state index contributed by atoms with van der Waals surface area (Å²) in [7, 11) is 0. The van der Waals surface area contributed by atoms with Crippen molar-refractivity contribution in [2.45, 2.75) is 33.1 Å². The predicted octanol–water partition coefficient (Wildman–Crippen LogP) is 4.00. The molecule has 0 radical (unpaired) electrons. The van der Waals surface area contributed by atoms with E-state index < -0.39 is 0 Å². The van der Waals surface area contributed by atoms with E-state index in [9.17, 15) is 0 Å². The Morgan fingerprint density at radius 3 is 2.57 bits per heavy atom. The summed E-state index contributed by atoms with van der Waals surface area (Å²) in [4.78, 5) is 6.87. The molecular formula is C17H21N3S. The summed E-state index contributed by atoms with van der Waals surface area (Å²) in [5.41, 5.74) is 10.8. The third kappa shape index (κ3) is 2.49. The molecule has 0 unspecified atom stereocenters. The molecule has 110 valence electrons. The van der Waals surface area contributed by atoms with Crippen LogP contribution in [0, 0.1) is 6.92 Å². The number of hydrogen-bond donors (Lipinski definition) is 1. The van der Waals surface area contributed by atoms with Crippen molar-refractivity contribution < 1.29 is 0 Å². The van der Waals surface area contributed by atoms with Crippen LogP contribution in [0.25, 0.3) is 16.2 Å². The van der Waals surface area contributed by atoms with Crippen molar-refractivity contribution >= 4 is 16.3 Å². The van der Waals surface area contributed by atoms with Gasteiger partial charge in [0, 0.05) is 17.0 Å². The van der Waals surface area contributed by atoms with Gasteiger partial charge in [-0.1, -0.05) is 38.1 Å². The van der Waals surface area contributed by atoms with Gasteiger partial charge in [-0.3, -0.25) is 4.40 Å². The Bertz CT molecular complexity index is 750. The van der Waals surface area contributed by atoms with E-state index in [1.54, 1.807) is 11.3 Å². The minimum absolute atomic E-state index is 0.559. The average molecular weight is 299 g/mol. The number of hydrogen-bond acceptors (Lipinski definition) is 3. The Labute approximate surface area is 129 Å². The molecule has 3 nitrogen and oxygen atoms in total. The topological polar surface area (TPSA) is 43.3 Å². The largest absolute Gasteiger partial charge is 0.330 e. The second kappa shape index (κ2) is 5.62. The summed E-state index contributed by atoms with van der Waals surface area (Å²) in [5.74, 6) is 0.559. The first-order valence-corrected chi connectivity index (χ1v) is 8.19. The quantitative estimate of drug-likeness (QED) is 0.791. The Morgan fingerprint density at radius 1 is 1.24 bits per heavy atom. The van der Waals surface area contributed by atoms with Gasteiger partial charge in [-0.05, 0) is 30.5 Å². The molecule has 0 bridgehead atoms. The van der Waals surface area contributed by atoms with Gasteiger partial charge in [0.15, 0.2) is 4.96 Å². The predicted molar refractivity (Wildman–Crippen MR) is 90.1 cm³/mol. The van der Waals surface area contributed by atoms with Crippen molar-refractivity contribution in [3.63, 3.8) is 0 Å². The Kier molecular flexibility index (Phi) is 3.83. The highest BCUT2D eigenvalue weighted by Gasteiger charge is 2.15. The van der Waals surface area contributed by atoms with Crippen molar-refractivity contribution in [3.05, 3.63) is 46.6 Å². The lowest BCUT2D eigenvalue weighted by Crippen LogP contribution is -2.05. The van der Waals surface area contributed by atoms with E-state index in [-0.39, 0.29) is 0 Å². The van der Waals surface area contributed by atoms with Gasteiger partial charge in [-0.2, -0.15) is 0 Å². The molecule has 4 heteroatoms. The number of rotatable bonds is 4. The molecule has 3 rings (SSSR count). The fraction of sp³-hybridized carbons (Fsp3) is 0.353. The van der Waals surface area contributed by atoms with E-state index in [4.69, 9.17) is 5.73 Å². The van der Waals surface area contributed by atoms with Crippen LogP contribution >= 0.6 is 11.3 Å². The Balaban J connectivity index is 2.14. The number of aromatic nitrogens is 2. The zero-order valence-electron chi connectivity index (χ0n) is 12.8. The maximum Gasteiger partial charge on any atom is 0.194 e. The average Bonchev–Trinajstić information content (AvgIpc) is 2.98. The van der Waals surface area contributed by atoms with Crippen molar-refractivity contribution in [3.8, 4) is 11.3 Å². The van der Waals surface area contributed by atoms with Gasteiger partial charge in [0.25, 0.3) is 0 Å². The number of benzene rings is 1. The summed E-state index contributed by atoms with van der Waals surface area (Å²) in [6.07, 6.45) is 2.80. The van der Waals surface area contributed by atoms with E-state index in [0.29, 0.717) is 12.5 Å². The van der Waals surface area contributed by atoms with Crippen molar-refractivity contribution in [2.75, 3.05) is 6.54 Å². The molecule has 21 heavy (non-hydrogen) atoms. The first-order valence-electron chi connectivity index (χ1n) is 7.38. The second-order valence-electron chi connectivity index (χ2n) is 5.69. The summed E-state index contributed by atoms with van der Waals surface area (Å²) < 4.78 is 2.26. The standard InChI is InChI=1S/C17H21N3S/c1-11(2)13-4-6-14(7-5-13)16-12(3)21-17-19-10-15(8-9-18)20(16)17/h4-7,10-11H,8-9,18H2,1-3H3. The van der Waals surface area contributed by atoms with E-state index >= 15 is 0 Å². The molecule has 0 aliphatic heterocycles. The van der Waals surface area contributed by atoms with E-state index in [1.807, 2.05) is 6.20 Å². The van der Waals surface area contributed by atoms with Crippen LogP contribution in [0.4, 0.5) is 0 Å². The van der Waals surface area contributed by atoms with E-state index in [0.717, 1.165) is 11.4 Å². The zero-order chi connectivity index (χ0) is 15.0. The molecule has 0 amide bonds. The highest BCUT2D eigenvalue weighted by molar-refractivity contribution is 7.17. The number of nitrogens with zero attached hydrogens (tertiary/aromatic N) is 2. The maximum atomic E-state index is 5.72. The SMILES string of the molecule is Cc1sc2ncc(CCN)n2c1-c1ccc(C(C)C)cc1. The van der Waals surface area contributed by atoms with Gasteiger partial charge in [0.05, 0.1) is 11.9 Å². The van der Waals surface area contributed by atoms with Crippen LogP contribution in [0.15, 0.2) is 30.5 Å². The molecule has 0 saturated heterocycles. The van der Waals surface area contributed by atoms with Gasteiger partial charge in [-0.25, -0.2) is 4.98 Å². The first-order chi connectivity index (χ1) is 10.1. The molecule has 0 saturated carbocycles. The molecule has 2 aromatic heterocycles. The number of fused-ring (bicyclic) bond motifs is 1. The van der Waals surface area contributed by atoms with Crippen LogP contribution < -0.4 is 5.73 Å². The van der Waals surface area contributed by atoms with Crippen LogP contribution in [0.5, 0.6) is 0 Å². The van der Waals surface area contributed by atoms with E-state index in [1.165, 1.54) is 27.4 Å². The third-order valence-corrected chi connectivity index (χ3v) is 4.83. The van der Waals surface area contributed by atoms with Crippen molar-refractivity contribution in [1.29, 1.82) is 0 Å². The second-order valence-corrected chi connectivity index (χ2v) is 6.87. The Morgan fingerprint density at radius 2 is 1.95 bits per heavy atom. The van der Waals surface area contributed by atoms with Crippen LogP contribution in [0.2, 0.25) is 0 Å². The summed E-state index contributed by atoms with van der Waals surface area (Å²) in [6, 6.07) is 8.89. The fourth-order valence-electron chi connectivity index (χ4n) is 2.70. The van der Waals surface area contributed by atoms with Crippen LogP contribution in [0.3, 0.4) is 0 Å². The van der Waals surface area contributed by atoms with Gasteiger partial charge in [0.2, 0.25) is 0 Å². The molecule has 1 aromatic carbocycles. The third-order valence-electron chi connectivity index (χ3n) is 3.86.